The highest BCUT2D eigenvalue weighted by molar-refractivity contribution is 7.91. The number of amides is 1. The third kappa shape index (κ3) is 5.64. The summed E-state index contributed by atoms with van der Waals surface area (Å²) >= 11 is 0.785. The zero-order valence-corrected chi connectivity index (χ0v) is 16.2. The van der Waals surface area contributed by atoms with Gasteiger partial charge in [-0.2, -0.15) is 0 Å². The first-order chi connectivity index (χ1) is 12.3. The molecule has 0 atom stereocenters. The van der Waals surface area contributed by atoms with E-state index in [1.165, 1.54) is 0 Å². The Morgan fingerprint density at radius 3 is 2.46 bits per heavy atom. The van der Waals surface area contributed by atoms with Gasteiger partial charge in [0.25, 0.3) is 10.0 Å². The van der Waals surface area contributed by atoms with Crippen LogP contribution in [0.4, 0.5) is 5.13 Å². The minimum atomic E-state index is -3.82. The van der Waals surface area contributed by atoms with E-state index in [0.29, 0.717) is 11.5 Å². The zero-order valence-electron chi connectivity index (χ0n) is 14.6. The summed E-state index contributed by atoms with van der Waals surface area (Å²) in [4.78, 5) is 11.6. The van der Waals surface area contributed by atoms with Gasteiger partial charge in [0.15, 0.2) is 0 Å². The Morgan fingerprint density at radius 1 is 1.19 bits per heavy atom. The fraction of sp³-hybridized carbons (Fsp3) is 0.400. The van der Waals surface area contributed by atoms with Crippen molar-refractivity contribution in [3.05, 3.63) is 24.3 Å². The van der Waals surface area contributed by atoms with Crippen LogP contribution in [0, 0.1) is 5.92 Å². The Balaban J connectivity index is 1.84. The minimum Gasteiger partial charge on any atom is -0.497 e. The number of sulfonamides is 1. The second-order valence-corrected chi connectivity index (χ2v) is 8.36. The highest BCUT2D eigenvalue weighted by atomic mass is 32.2. The molecule has 11 heteroatoms. The van der Waals surface area contributed by atoms with E-state index in [1.54, 1.807) is 45.2 Å². The lowest BCUT2D eigenvalue weighted by molar-refractivity contribution is -0.118. The van der Waals surface area contributed by atoms with Gasteiger partial charge in [0.05, 0.1) is 7.11 Å². The van der Waals surface area contributed by atoms with Gasteiger partial charge in [0.1, 0.15) is 18.1 Å². The molecule has 0 saturated carbocycles. The average molecular weight is 400 g/mol. The molecule has 1 amide bonds. The molecule has 0 aliphatic rings. The van der Waals surface area contributed by atoms with Crippen molar-refractivity contribution in [3.8, 4) is 11.5 Å². The first kappa shape index (κ1) is 20.1. The van der Waals surface area contributed by atoms with Crippen LogP contribution in [-0.2, 0) is 14.8 Å². The maximum Gasteiger partial charge on any atom is 0.269 e. The first-order valence-electron chi connectivity index (χ1n) is 7.72. The Labute approximate surface area is 155 Å². The fourth-order valence-corrected chi connectivity index (χ4v) is 3.65. The number of hydrogen-bond acceptors (Lipinski definition) is 8. The molecule has 0 spiro atoms. The molecule has 2 N–H and O–H groups in total. The summed E-state index contributed by atoms with van der Waals surface area (Å²) in [5, 5.41) is 9.92. The van der Waals surface area contributed by atoms with Gasteiger partial charge < -0.3 is 14.8 Å². The normalized spacial score (nSPS) is 11.4. The van der Waals surface area contributed by atoms with Crippen LogP contribution in [-0.4, -0.2) is 44.8 Å². The molecular weight excluding hydrogens is 380 g/mol. The molecule has 0 unspecified atom stereocenters. The fourth-order valence-electron chi connectivity index (χ4n) is 1.70. The van der Waals surface area contributed by atoms with Crippen LogP contribution in [0.1, 0.15) is 13.8 Å². The number of nitrogens with one attached hydrogen (secondary N) is 2. The predicted molar refractivity (Wildman–Crippen MR) is 97.1 cm³/mol. The van der Waals surface area contributed by atoms with Crippen molar-refractivity contribution in [2.75, 3.05) is 25.6 Å². The summed E-state index contributed by atoms with van der Waals surface area (Å²) in [6.45, 7) is 3.64. The summed E-state index contributed by atoms with van der Waals surface area (Å²) in [6.07, 6.45) is 0. The molecule has 0 saturated heterocycles. The monoisotopic (exact) mass is 400 g/mol. The quantitative estimate of drug-likeness (QED) is 0.483. The van der Waals surface area contributed by atoms with Gasteiger partial charge >= 0.3 is 0 Å². The Morgan fingerprint density at radius 2 is 1.85 bits per heavy atom. The number of carbonyl (C=O) groups is 1. The maximum atomic E-state index is 12.2. The molecule has 2 aromatic rings. The van der Waals surface area contributed by atoms with Gasteiger partial charge in [-0.05, 0) is 24.3 Å². The van der Waals surface area contributed by atoms with Crippen molar-refractivity contribution in [2.45, 2.75) is 18.2 Å². The van der Waals surface area contributed by atoms with Gasteiger partial charge in [-0.15, -0.1) is 10.2 Å². The van der Waals surface area contributed by atoms with Crippen molar-refractivity contribution >= 4 is 32.4 Å². The number of hydrogen-bond donors (Lipinski definition) is 2. The molecule has 1 heterocycles. The number of carbonyl (C=O) groups excluding carboxylic acids is 1. The highest BCUT2D eigenvalue weighted by Gasteiger charge is 2.21. The third-order valence-corrected chi connectivity index (χ3v) is 5.78. The molecular formula is C15H20N4O5S2. The van der Waals surface area contributed by atoms with Crippen LogP contribution >= 0.6 is 11.3 Å². The van der Waals surface area contributed by atoms with Crippen molar-refractivity contribution in [2.24, 2.45) is 5.92 Å². The SMILES string of the molecule is COc1ccc(OCCNS(=O)(=O)c2nnc(NC(=O)C(C)C)s2)cc1. The number of ether oxygens (including phenoxy) is 2. The molecule has 0 radical (unpaired) electrons. The van der Waals surface area contributed by atoms with Gasteiger partial charge in [0, 0.05) is 12.5 Å². The standard InChI is InChI=1S/C15H20N4O5S2/c1-10(2)13(20)17-14-18-19-15(25-14)26(21,22)16-8-9-24-12-6-4-11(23-3)5-7-12/h4-7,10,16H,8-9H2,1-3H3,(H,17,18,20). The van der Waals surface area contributed by atoms with Crippen molar-refractivity contribution < 1.29 is 22.7 Å². The van der Waals surface area contributed by atoms with E-state index in [2.05, 4.69) is 20.2 Å². The van der Waals surface area contributed by atoms with E-state index in [4.69, 9.17) is 9.47 Å². The molecule has 9 nitrogen and oxygen atoms in total. The van der Waals surface area contributed by atoms with E-state index >= 15 is 0 Å². The molecule has 0 bridgehead atoms. The molecule has 0 aliphatic heterocycles. The van der Waals surface area contributed by atoms with E-state index in [0.717, 1.165) is 11.3 Å². The number of rotatable bonds is 9. The maximum absolute atomic E-state index is 12.2. The minimum absolute atomic E-state index is 0.0572. The first-order valence-corrected chi connectivity index (χ1v) is 10.0. The van der Waals surface area contributed by atoms with Gasteiger partial charge in [-0.25, -0.2) is 13.1 Å². The van der Waals surface area contributed by atoms with E-state index in [1.807, 2.05) is 0 Å². The molecule has 0 fully saturated rings. The number of anilines is 1. The summed E-state index contributed by atoms with van der Waals surface area (Å²) in [5.74, 6) is 0.799. The molecule has 142 valence electrons. The van der Waals surface area contributed by atoms with Crippen molar-refractivity contribution in [1.29, 1.82) is 0 Å². The number of nitrogens with zero attached hydrogens (tertiary/aromatic N) is 2. The van der Waals surface area contributed by atoms with Crippen LogP contribution in [0.25, 0.3) is 0 Å². The average Bonchev–Trinajstić information content (AvgIpc) is 3.08. The van der Waals surface area contributed by atoms with E-state index in [9.17, 15) is 13.2 Å². The van der Waals surface area contributed by atoms with Crippen molar-refractivity contribution in [3.63, 3.8) is 0 Å². The summed E-state index contributed by atoms with van der Waals surface area (Å²) < 4.78 is 37.0. The van der Waals surface area contributed by atoms with Gasteiger partial charge in [-0.3, -0.25) is 4.79 Å². The lowest BCUT2D eigenvalue weighted by Crippen LogP contribution is -2.28. The van der Waals surface area contributed by atoms with E-state index < -0.39 is 10.0 Å². The molecule has 26 heavy (non-hydrogen) atoms. The highest BCUT2D eigenvalue weighted by Crippen LogP contribution is 2.20. The Kier molecular flexibility index (Phi) is 6.89. The topological polar surface area (TPSA) is 120 Å². The lowest BCUT2D eigenvalue weighted by Gasteiger charge is -2.07. The van der Waals surface area contributed by atoms with Crippen LogP contribution in [0.3, 0.4) is 0 Å². The Bertz CT molecular complexity index is 834. The number of methoxy groups -OCH3 is 1. The predicted octanol–water partition coefficient (Wildman–Crippen LogP) is 1.50. The molecule has 1 aromatic heterocycles. The molecule has 1 aromatic carbocycles. The van der Waals surface area contributed by atoms with Crippen LogP contribution in [0.5, 0.6) is 11.5 Å². The van der Waals surface area contributed by atoms with E-state index in [-0.39, 0.29) is 34.4 Å². The van der Waals surface area contributed by atoms with Crippen LogP contribution < -0.4 is 19.5 Å². The third-order valence-electron chi connectivity index (χ3n) is 3.11. The second kappa shape index (κ2) is 8.92. The van der Waals surface area contributed by atoms with Gasteiger partial charge in [0.2, 0.25) is 15.4 Å². The van der Waals surface area contributed by atoms with Crippen molar-refractivity contribution in [1.82, 2.24) is 14.9 Å². The summed E-state index contributed by atoms with van der Waals surface area (Å²) in [5.41, 5.74) is 0. The smallest absolute Gasteiger partial charge is 0.269 e. The zero-order chi connectivity index (χ0) is 19.2. The van der Waals surface area contributed by atoms with Gasteiger partial charge in [-0.1, -0.05) is 25.2 Å². The van der Waals surface area contributed by atoms with Crippen LogP contribution in [0.2, 0.25) is 0 Å². The second-order valence-electron chi connectivity index (χ2n) is 5.44. The summed E-state index contributed by atoms with van der Waals surface area (Å²) in [6, 6.07) is 6.94. The number of aromatic nitrogens is 2. The lowest BCUT2D eigenvalue weighted by atomic mass is 10.2. The summed E-state index contributed by atoms with van der Waals surface area (Å²) in [7, 11) is -2.25. The largest absolute Gasteiger partial charge is 0.497 e. The molecule has 0 aliphatic carbocycles. The number of benzene rings is 1. The van der Waals surface area contributed by atoms with Crippen LogP contribution in [0.15, 0.2) is 28.6 Å². The Hall–Kier alpha value is -2.24. The molecule has 2 rings (SSSR count).